The van der Waals surface area contributed by atoms with Crippen LogP contribution in [0.25, 0.3) is 16.6 Å². The van der Waals surface area contributed by atoms with Crippen LogP contribution in [0, 0.1) is 6.92 Å². The predicted octanol–water partition coefficient (Wildman–Crippen LogP) is 1.91. The Balaban J connectivity index is 2.29. The average Bonchev–Trinajstić information content (AvgIpc) is 2.99. The molecule has 0 aliphatic rings. The molecule has 2 aromatic heterocycles. The average molecular weight is 268 g/mol. The zero-order valence-corrected chi connectivity index (χ0v) is 11.1. The zero-order valence-electron chi connectivity index (χ0n) is 11.1. The fourth-order valence-corrected chi connectivity index (χ4v) is 2.10. The largest absolute Gasteiger partial charge is 0.465 e. The lowest BCUT2D eigenvalue weighted by atomic mass is 10.1. The number of carbonyl (C=O) groups excluding carboxylic acids is 1. The van der Waals surface area contributed by atoms with Crippen LogP contribution >= 0.6 is 0 Å². The predicted molar refractivity (Wildman–Crippen MR) is 72.7 cm³/mol. The van der Waals surface area contributed by atoms with Gasteiger partial charge in [0.25, 0.3) is 0 Å². The molecule has 0 unspecified atom stereocenters. The Bertz CT molecular complexity index is 781. The van der Waals surface area contributed by atoms with Crippen LogP contribution in [0.3, 0.4) is 0 Å². The number of hydrogen-bond donors (Lipinski definition) is 0. The van der Waals surface area contributed by atoms with E-state index in [4.69, 9.17) is 4.74 Å². The molecule has 0 saturated heterocycles. The fraction of sp³-hybridized carbons (Fsp3) is 0.143. The highest BCUT2D eigenvalue weighted by atomic mass is 16.5. The lowest BCUT2D eigenvalue weighted by Crippen LogP contribution is -2.03. The maximum absolute atomic E-state index is 11.6. The minimum atomic E-state index is -0.378. The molecule has 20 heavy (non-hydrogen) atoms. The van der Waals surface area contributed by atoms with Gasteiger partial charge in [-0.2, -0.15) is 5.10 Å². The topological polar surface area (TPSA) is 69.9 Å². The first-order valence-electron chi connectivity index (χ1n) is 6.04. The molecule has 100 valence electrons. The molecule has 0 atom stereocenters. The summed E-state index contributed by atoms with van der Waals surface area (Å²) in [6, 6.07) is 7.16. The van der Waals surface area contributed by atoms with Crippen molar-refractivity contribution < 1.29 is 9.53 Å². The highest BCUT2D eigenvalue weighted by molar-refractivity contribution is 5.97. The first kappa shape index (κ1) is 12.3. The van der Waals surface area contributed by atoms with E-state index in [0.717, 1.165) is 22.3 Å². The minimum Gasteiger partial charge on any atom is -0.465 e. The molecular formula is C14H12N4O2. The summed E-state index contributed by atoms with van der Waals surface area (Å²) >= 11 is 0. The Morgan fingerprint density at radius 1 is 1.30 bits per heavy atom. The summed E-state index contributed by atoms with van der Waals surface area (Å²) in [5, 5.41) is 4.96. The summed E-state index contributed by atoms with van der Waals surface area (Å²) < 4.78 is 6.40. The fourth-order valence-electron chi connectivity index (χ4n) is 2.10. The van der Waals surface area contributed by atoms with E-state index in [1.54, 1.807) is 29.2 Å². The van der Waals surface area contributed by atoms with Crippen LogP contribution in [0.1, 0.15) is 16.1 Å². The van der Waals surface area contributed by atoms with E-state index in [0.29, 0.717) is 5.56 Å². The number of carbonyl (C=O) groups is 1. The first-order chi connectivity index (χ1) is 9.69. The molecule has 0 aliphatic carbocycles. The summed E-state index contributed by atoms with van der Waals surface area (Å²) in [6.07, 6.45) is 3.07. The second-order valence-corrected chi connectivity index (χ2v) is 4.35. The van der Waals surface area contributed by atoms with E-state index in [1.807, 2.05) is 13.0 Å². The standard InChI is InChI=1S/C14H12N4O2/c1-9-5-13(18-8-15-7-16-18)11-6-10(14(19)20-2)3-4-12(11)17-9/h3-8H,1-2H3. The second-order valence-electron chi connectivity index (χ2n) is 4.35. The van der Waals surface area contributed by atoms with Crippen molar-refractivity contribution in [2.24, 2.45) is 0 Å². The molecule has 2 heterocycles. The number of aromatic nitrogens is 4. The number of pyridine rings is 1. The minimum absolute atomic E-state index is 0.378. The van der Waals surface area contributed by atoms with Crippen molar-refractivity contribution in [1.29, 1.82) is 0 Å². The number of fused-ring (bicyclic) bond motifs is 1. The molecule has 6 nitrogen and oxygen atoms in total. The summed E-state index contributed by atoms with van der Waals surface area (Å²) in [6.45, 7) is 1.91. The normalized spacial score (nSPS) is 10.7. The third-order valence-electron chi connectivity index (χ3n) is 3.00. The Kier molecular flexibility index (Phi) is 2.90. The third kappa shape index (κ3) is 2.01. The van der Waals surface area contributed by atoms with Gasteiger partial charge in [0, 0.05) is 11.1 Å². The van der Waals surface area contributed by atoms with Gasteiger partial charge in [-0.15, -0.1) is 0 Å². The van der Waals surface area contributed by atoms with Crippen molar-refractivity contribution in [2.75, 3.05) is 7.11 Å². The summed E-state index contributed by atoms with van der Waals surface area (Å²) in [5.41, 5.74) is 2.97. The van der Waals surface area contributed by atoms with E-state index < -0.39 is 0 Å². The van der Waals surface area contributed by atoms with Crippen LogP contribution in [0.4, 0.5) is 0 Å². The van der Waals surface area contributed by atoms with Gasteiger partial charge < -0.3 is 4.74 Å². The molecule has 0 radical (unpaired) electrons. The summed E-state index contributed by atoms with van der Waals surface area (Å²) in [7, 11) is 1.36. The zero-order chi connectivity index (χ0) is 14.1. The molecule has 0 spiro atoms. The highest BCUT2D eigenvalue weighted by Crippen LogP contribution is 2.23. The van der Waals surface area contributed by atoms with E-state index in [9.17, 15) is 4.79 Å². The van der Waals surface area contributed by atoms with Crippen LogP contribution < -0.4 is 0 Å². The number of esters is 1. The molecule has 0 amide bonds. The van der Waals surface area contributed by atoms with Crippen molar-refractivity contribution >= 4 is 16.9 Å². The van der Waals surface area contributed by atoms with Gasteiger partial charge in [-0.1, -0.05) is 0 Å². The van der Waals surface area contributed by atoms with Crippen molar-refractivity contribution in [3.05, 3.63) is 48.2 Å². The Hall–Kier alpha value is -2.76. The lowest BCUT2D eigenvalue weighted by molar-refractivity contribution is 0.0601. The van der Waals surface area contributed by atoms with Crippen molar-refractivity contribution in [1.82, 2.24) is 19.7 Å². The first-order valence-corrected chi connectivity index (χ1v) is 6.04. The van der Waals surface area contributed by atoms with Gasteiger partial charge in [0.1, 0.15) is 12.7 Å². The summed E-state index contributed by atoms with van der Waals surface area (Å²) in [4.78, 5) is 20.1. The molecule has 0 saturated carbocycles. The molecule has 0 bridgehead atoms. The van der Waals surface area contributed by atoms with Crippen molar-refractivity contribution in [3.8, 4) is 5.69 Å². The Morgan fingerprint density at radius 3 is 2.85 bits per heavy atom. The third-order valence-corrected chi connectivity index (χ3v) is 3.00. The number of benzene rings is 1. The molecule has 0 N–H and O–H groups in total. The molecule has 0 fully saturated rings. The number of rotatable bonds is 2. The van der Waals surface area contributed by atoms with Crippen LogP contribution in [0.2, 0.25) is 0 Å². The number of aryl methyl sites for hydroxylation is 1. The van der Waals surface area contributed by atoms with E-state index in [-0.39, 0.29) is 5.97 Å². The molecule has 1 aromatic carbocycles. The maximum atomic E-state index is 11.6. The van der Waals surface area contributed by atoms with E-state index >= 15 is 0 Å². The number of ether oxygens (including phenoxy) is 1. The van der Waals surface area contributed by atoms with Gasteiger partial charge in [0.15, 0.2) is 0 Å². The van der Waals surface area contributed by atoms with Gasteiger partial charge in [0.05, 0.1) is 23.9 Å². The van der Waals surface area contributed by atoms with Gasteiger partial charge in [-0.25, -0.2) is 14.5 Å². The second kappa shape index (κ2) is 4.73. The Labute approximate surface area is 115 Å². The van der Waals surface area contributed by atoms with Crippen molar-refractivity contribution in [2.45, 2.75) is 6.92 Å². The molecule has 3 rings (SSSR count). The number of hydrogen-bond acceptors (Lipinski definition) is 5. The summed E-state index contributed by atoms with van der Waals surface area (Å²) in [5.74, 6) is -0.378. The molecule has 3 aromatic rings. The SMILES string of the molecule is COC(=O)c1ccc2nc(C)cc(-n3cncn3)c2c1. The van der Waals surface area contributed by atoms with Crippen LogP contribution in [-0.2, 0) is 4.74 Å². The smallest absolute Gasteiger partial charge is 0.337 e. The quantitative estimate of drug-likeness (QED) is 0.664. The maximum Gasteiger partial charge on any atom is 0.337 e. The van der Waals surface area contributed by atoms with E-state index in [2.05, 4.69) is 15.1 Å². The van der Waals surface area contributed by atoms with Crippen LogP contribution in [0.5, 0.6) is 0 Å². The monoisotopic (exact) mass is 268 g/mol. The molecule has 0 aliphatic heterocycles. The lowest BCUT2D eigenvalue weighted by Gasteiger charge is -2.08. The van der Waals surface area contributed by atoms with Gasteiger partial charge >= 0.3 is 5.97 Å². The van der Waals surface area contributed by atoms with Gasteiger partial charge in [-0.05, 0) is 31.2 Å². The van der Waals surface area contributed by atoms with E-state index in [1.165, 1.54) is 13.4 Å². The molecular weight excluding hydrogens is 256 g/mol. The number of methoxy groups -OCH3 is 1. The highest BCUT2D eigenvalue weighted by Gasteiger charge is 2.11. The van der Waals surface area contributed by atoms with Crippen molar-refractivity contribution in [3.63, 3.8) is 0 Å². The van der Waals surface area contributed by atoms with Crippen LogP contribution in [-0.4, -0.2) is 32.8 Å². The van der Waals surface area contributed by atoms with Gasteiger partial charge in [0.2, 0.25) is 0 Å². The van der Waals surface area contributed by atoms with Crippen LogP contribution in [0.15, 0.2) is 36.9 Å². The number of nitrogens with zero attached hydrogens (tertiary/aromatic N) is 4. The molecule has 6 heteroatoms. The Morgan fingerprint density at radius 2 is 2.15 bits per heavy atom. The van der Waals surface area contributed by atoms with Gasteiger partial charge in [-0.3, -0.25) is 4.98 Å².